The summed E-state index contributed by atoms with van der Waals surface area (Å²) in [5, 5.41) is 3.16. The molecule has 0 saturated carbocycles. The first-order valence-electron chi connectivity index (χ1n) is 7.16. The van der Waals surface area contributed by atoms with E-state index >= 15 is 0 Å². The maximum atomic E-state index is 12.1. The number of amides is 1. The molecule has 3 fully saturated rings. The molecule has 3 aliphatic rings. The molecule has 3 aliphatic heterocycles. The van der Waals surface area contributed by atoms with E-state index in [-0.39, 0.29) is 5.92 Å². The number of hydrogen-bond donors (Lipinski definition) is 1. The van der Waals surface area contributed by atoms with Gasteiger partial charge in [-0.15, -0.1) is 0 Å². The van der Waals surface area contributed by atoms with Crippen molar-refractivity contribution in [3.05, 3.63) is 0 Å². The van der Waals surface area contributed by atoms with Crippen molar-refractivity contribution in [1.82, 2.24) is 15.1 Å². The average Bonchev–Trinajstić information content (AvgIpc) is 2.80. The molecule has 102 valence electrons. The third-order valence-electron chi connectivity index (χ3n) is 4.30. The summed E-state index contributed by atoms with van der Waals surface area (Å²) < 4.78 is 5.66. The molecule has 1 unspecified atom stereocenters. The van der Waals surface area contributed by atoms with E-state index in [0.29, 0.717) is 12.0 Å². The summed E-state index contributed by atoms with van der Waals surface area (Å²) in [7, 11) is 0. The van der Waals surface area contributed by atoms with Crippen molar-refractivity contribution in [3.8, 4) is 0 Å². The van der Waals surface area contributed by atoms with Crippen LogP contribution in [-0.4, -0.2) is 74.2 Å². The Hall–Kier alpha value is -0.650. The van der Waals surface area contributed by atoms with E-state index in [4.69, 9.17) is 4.74 Å². The molecule has 1 atom stereocenters. The molecule has 0 aliphatic carbocycles. The van der Waals surface area contributed by atoms with Gasteiger partial charge < -0.3 is 15.0 Å². The van der Waals surface area contributed by atoms with Crippen molar-refractivity contribution in [2.45, 2.75) is 18.9 Å². The van der Waals surface area contributed by atoms with Gasteiger partial charge in [0.2, 0.25) is 5.91 Å². The highest BCUT2D eigenvalue weighted by molar-refractivity contribution is 5.80. The molecule has 0 aromatic carbocycles. The molecule has 5 nitrogen and oxygen atoms in total. The molecular formula is C13H23N3O2. The molecule has 5 heteroatoms. The van der Waals surface area contributed by atoms with Crippen molar-refractivity contribution in [2.75, 3.05) is 52.4 Å². The summed E-state index contributed by atoms with van der Waals surface area (Å²) >= 11 is 0. The summed E-state index contributed by atoms with van der Waals surface area (Å²) in [5.74, 6) is 0.597. The molecule has 3 saturated heterocycles. The van der Waals surface area contributed by atoms with Gasteiger partial charge in [-0.2, -0.15) is 0 Å². The normalized spacial score (nSPS) is 30.4. The van der Waals surface area contributed by atoms with Crippen LogP contribution in [0.5, 0.6) is 0 Å². The second-order valence-electron chi connectivity index (χ2n) is 5.62. The average molecular weight is 253 g/mol. The van der Waals surface area contributed by atoms with Crippen LogP contribution < -0.4 is 5.32 Å². The Balaban J connectivity index is 1.41. The lowest BCUT2D eigenvalue weighted by molar-refractivity contribution is -0.139. The van der Waals surface area contributed by atoms with E-state index in [9.17, 15) is 4.79 Å². The van der Waals surface area contributed by atoms with Crippen LogP contribution in [0.25, 0.3) is 0 Å². The number of carbonyl (C=O) groups is 1. The fourth-order valence-corrected chi connectivity index (χ4v) is 2.95. The molecule has 1 N–H and O–H groups in total. The first-order valence-corrected chi connectivity index (χ1v) is 7.16. The SMILES string of the molecule is O=C(C1CNC1)N1CCN(CC2CCCO2)CC1. The largest absolute Gasteiger partial charge is 0.377 e. The van der Waals surface area contributed by atoms with Gasteiger partial charge >= 0.3 is 0 Å². The zero-order valence-corrected chi connectivity index (χ0v) is 10.9. The Morgan fingerprint density at radius 2 is 2.00 bits per heavy atom. The molecular weight excluding hydrogens is 230 g/mol. The van der Waals surface area contributed by atoms with E-state index in [1.807, 2.05) is 4.90 Å². The highest BCUT2D eigenvalue weighted by atomic mass is 16.5. The van der Waals surface area contributed by atoms with Gasteiger partial charge in [-0.1, -0.05) is 0 Å². The van der Waals surface area contributed by atoms with Crippen LogP contribution in [0.4, 0.5) is 0 Å². The lowest BCUT2D eigenvalue weighted by Crippen LogP contribution is -2.57. The van der Waals surface area contributed by atoms with Gasteiger partial charge in [0, 0.05) is 52.4 Å². The van der Waals surface area contributed by atoms with Crippen molar-refractivity contribution < 1.29 is 9.53 Å². The highest BCUT2D eigenvalue weighted by Crippen LogP contribution is 2.15. The zero-order valence-electron chi connectivity index (χ0n) is 10.9. The molecule has 0 bridgehead atoms. The summed E-state index contributed by atoms with van der Waals surface area (Å²) in [6.45, 7) is 7.51. The Morgan fingerprint density at radius 1 is 1.22 bits per heavy atom. The van der Waals surface area contributed by atoms with Crippen molar-refractivity contribution in [3.63, 3.8) is 0 Å². The van der Waals surface area contributed by atoms with Gasteiger partial charge in [0.15, 0.2) is 0 Å². The van der Waals surface area contributed by atoms with E-state index < -0.39 is 0 Å². The lowest BCUT2D eigenvalue weighted by Gasteiger charge is -2.39. The molecule has 18 heavy (non-hydrogen) atoms. The standard InChI is InChI=1S/C13H23N3O2/c17-13(11-8-14-9-11)16-5-3-15(4-6-16)10-12-2-1-7-18-12/h11-12,14H,1-10H2. The molecule has 3 heterocycles. The monoisotopic (exact) mass is 253 g/mol. The minimum absolute atomic E-state index is 0.245. The van der Waals surface area contributed by atoms with Crippen LogP contribution in [0.15, 0.2) is 0 Å². The van der Waals surface area contributed by atoms with Crippen molar-refractivity contribution in [2.24, 2.45) is 5.92 Å². The molecule has 0 radical (unpaired) electrons. The van der Waals surface area contributed by atoms with Crippen LogP contribution >= 0.6 is 0 Å². The first-order chi connectivity index (χ1) is 8.83. The third kappa shape index (κ3) is 2.68. The van der Waals surface area contributed by atoms with Crippen LogP contribution in [0.2, 0.25) is 0 Å². The summed E-state index contributed by atoms with van der Waals surface area (Å²) in [6, 6.07) is 0. The predicted octanol–water partition coefficient (Wildman–Crippen LogP) is -0.471. The van der Waals surface area contributed by atoms with Gasteiger partial charge in [-0.05, 0) is 12.8 Å². The maximum Gasteiger partial charge on any atom is 0.228 e. The van der Waals surface area contributed by atoms with Gasteiger partial charge in [-0.3, -0.25) is 9.69 Å². The topological polar surface area (TPSA) is 44.8 Å². The third-order valence-corrected chi connectivity index (χ3v) is 4.30. The van der Waals surface area contributed by atoms with Crippen LogP contribution in [0.3, 0.4) is 0 Å². The number of hydrogen-bond acceptors (Lipinski definition) is 4. The number of piperazine rings is 1. The fourth-order valence-electron chi connectivity index (χ4n) is 2.95. The summed E-state index contributed by atoms with van der Waals surface area (Å²) in [4.78, 5) is 16.6. The predicted molar refractivity (Wildman–Crippen MR) is 68.4 cm³/mol. The second-order valence-corrected chi connectivity index (χ2v) is 5.62. The molecule has 0 aromatic heterocycles. The maximum absolute atomic E-state index is 12.1. The minimum atomic E-state index is 0.245. The van der Waals surface area contributed by atoms with Crippen molar-refractivity contribution >= 4 is 5.91 Å². The lowest BCUT2D eigenvalue weighted by atomic mass is 10.0. The van der Waals surface area contributed by atoms with E-state index in [1.165, 1.54) is 12.8 Å². The fraction of sp³-hybridized carbons (Fsp3) is 0.923. The summed E-state index contributed by atoms with van der Waals surface area (Å²) in [6.07, 6.45) is 2.84. The molecule has 1 amide bonds. The van der Waals surface area contributed by atoms with Crippen LogP contribution in [0.1, 0.15) is 12.8 Å². The highest BCUT2D eigenvalue weighted by Gasteiger charge is 2.31. The van der Waals surface area contributed by atoms with Crippen LogP contribution in [0, 0.1) is 5.92 Å². The quantitative estimate of drug-likeness (QED) is 0.738. The Kier molecular flexibility index (Phi) is 3.82. The summed E-state index contributed by atoms with van der Waals surface area (Å²) in [5.41, 5.74) is 0. The van der Waals surface area contributed by atoms with Crippen LogP contribution in [-0.2, 0) is 9.53 Å². The van der Waals surface area contributed by atoms with E-state index in [2.05, 4.69) is 10.2 Å². The molecule has 0 aromatic rings. The van der Waals surface area contributed by atoms with Gasteiger partial charge in [-0.25, -0.2) is 0 Å². The molecule has 3 rings (SSSR count). The zero-order chi connectivity index (χ0) is 12.4. The van der Waals surface area contributed by atoms with Crippen molar-refractivity contribution in [1.29, 1.82) is 0 Å². The second kappa shape index (κ2) is 5.55. The van der Waals surface area contributed by atoms with Gasteiger partial charge in [0.05, 0.1) is 12.0 Å². The first kappa shape index (κ1) is 12.4. The number of rotatable bonds is 3. The Labute approximate surface area is 108 Å². The Morgan fingerprint density at radius 3 is 2.56 bits per heavy atom. The molecule has 0 spiro atoms. The van der Waals surface area contributed by atoms with E-state index in [0.717, 1.165) is 52.4 Å². The smallest absolute Gasteiger partial charge is 0.228 e. The minimum Gasteiger partial charge on any atom is -0.377 e. The number of carbonyl (C=O) groups excluding carboxylic acids is 1. The number of nitrogens with zero attached hydrogens (tertiary/aromatic N) is 2. The number of ether oxygens (including phenoxy) is 1. The van der Waals surface area contributed by atoms with Gasteiger partial charge in [0.25, 0.3) is 0 Å². The number of nitrogens with one attached hydrogen (secondary N) is 1. The van der Waals surface area contributed by atoms with E-state index in [1.54, 1.807) is 0 Å². The Bertz CT molecular complexity index is 293. The van der Waals surface area contributed by atoms with Gasteiger partial charge in [0.1, 0.15) is 0 Å².